The van der Waals surface area contributed by atoms with Crippen LogP contribution >= 0.6 is 15.9 Å². The molecule has 0 aliphatic heterocycles. The molecule has 0 heterocycles. The first-order valence-corrected chi connectivity index (χ1v) is 7.74. The van der Waals surface area contributed by atoms with E-state index in [1.165, 1.54) is 12.1 Å². The van der Waals surface area contributed by atoms with Crippen molar-refractivity contribution in [2.75, 3.05) is 6.54 Å². The molecule has 4 heteroatoms. The van der Waals surface area contributed by atoms with Crippen LogP contribution in [0.1, 0.15) is 29.7 Å². The Morgan fingerprint density at radius 3 is 2.38 bits per heavy atom. The summed E-state index contributed by atoms with van der Waals surface area (Å²) in [5.41, 5.74) is 2.30. The number of rotatable bonds is 5. The maximum atomic E-state index is 14.1. The van der Waals surface area contributed by atoms with E-state index >= 15 is 0 Å². The highest BCUT2D eigenvalue weighted by Gasteiger charge is 2.18. The zero-order valence-corrected chi connectivity index (χ0v) is 13.7. The average molecular weight is 354 g/mol. The number of likely N-dealkylation sites (N-methyl/N-ethyl adjacent to an activating group) is 1. The first kappa shape index (κ1) is 16.1. The summed E-state index contributed by atoms with van der Waals surface area (Å²) in [6.07, 6.45) is 0.272. The van der Waals surface area contributed by atoms with Gasteiger partial charge in [0.1, 0.15) is 11.6 Å². The first-order chi connectivity index (χ1) is 10.0. The number of nitrogens with one attached hydrogen (secondary N) is 1. The molecule has 1 nitrogen and oxygen atoms in total. The monoisotopic (exact) mass is 353 g/mol. The van der Waals surface area contributed by atoms with Crippen LogP contribution in [0.25, 0.3) is 0 Å². The van der Waals surface area contributed by atoms with Crippen molar-refractivity contribution in [2.45, 2.75) is 26.3 Å². The second kappa shape index (κ2) is 7.14. The largest absolute Gasteiger partial charge is 0.310 e. The highest BCUT2D eigenvalue weighted by atomic mass is 79.9. The van der Waals surface area contributed by atoms with Crippen molar-refractivity contribution >= 4 is 15.9 Å². The second-order valence-electron chi connectivity index (χ2n) is 5.05. The number of halogens is 3. The van der Waals surface area contributed by atoms with Crippen molar-refractivity contribution in [1.82, 2.24) is 5.32 Å². The van der Waals surface area contributed by atoms with Crippen LogP contribution in [0.15, 0.2) is 40.9 Å². The van der Waals surface area contributed by atoms with Crippen molar-refractivity contribution in [3.05, 3.63) is 69.2 Å². The van der Waals surface area contributed by atoms with Gasteiger partial charge >= 0.3 is 0 Å². The zero-order valence-electron chi connectivity index (χ0n) is 12.1. The number of hydrogen-bond donors (Lipinski definition) is 1. The molecule has 0 aliphatic rings. The predicted octanol–water partition coefficient (Wildman–Crippen LogP) is 4.93. The maximum absolute atomic E-state index is 14.1. The van der Waals surface area contributed by atoms with Crippen LogP contribution in [0.5, 0.6) is 0 Å². The van der Waals surface area contributed by atoms with E-state index in [0.29, 0.717) is 0 Å². The van der Waals surface area contributed by atoms with E-state index in [4.69, 9.17) is 0 Å². The standard InChI is InChI=1S/C17H18BrF2N/c1-3-21-16(12-6-4-11(2)5-7-12)10-13-15(19)9-8-14(18)17(13)20/h4-9,16,21H,3,10H2,1-2H3. The van der Waals surface area contributed by atoms with Crippen molar-refractivity contribution in [1.29, 1.82) is 0 Å². The van der Waals surface area contributed by atoms with E-state index < -0.39 is 11.6 Å². The van der Waals surface area contributed by atoms with E-state index in [2.05, 4.69) is 21.2 Å². The normalized spacial score (nSPS) is 12.4. The minimum Gasteiger partial charge on any atom is -0.310 e. The van der Waals surface area contributed by atoms with Gasteiger partial charge in [-0.25, -0.2) is 8.78 Å². The van der Waals surface area contributed by atoms with Gasteiger partial charge in [0.2, 0.25) is 0 Å². The van der Waals surface area contributed by atoms with Crippen LogP contribution in [0, 0.1) is 18.6 Å². The van der Waals surface area contributed by atoms with Crippen molar-refractivity contribution < 1.29 is 8.78 Å². The Morgan fingerprint density at radius 2 is 1.76 bits per heavy atom. The van der Waals surface area contributed by atoms with Crippen LogP contribution in [0.3, 0.4) is 0 Å². The van der Waals surface area contributed by atoms with E-state index in [1.54, 1.807) is 0 Å². The summed E-state index contributed by atoms with van der Waals surface area (Å²) in [5.74, 6) is -1.03. The van der Waals surface area contributed by atoms with Crippen LogP contribution < -0.4 is 5.32 Å². The fraction of sp³-hybridized carbons (Fsp3) is 0.294. The topological polar surface area (TPSA) is 12.0 Å². The van der Waals surface area contributed by atoms with Gasteiger partial charge in [-0.05, 0) is 53.5 Å². The molecule has 0 radical (unpaired) electrons. The third-order valence-corrected chi connectivity index (χ3v) is 4.09. The van der Waals surface area contributed by atoms with Gasteiger partial charge in [0.15, 0.2) is 0 Å². The van der Waals surface area contributed by atoms with Gasteiger partial charge < -0.3 is 5.32 Å². The molecule has 0 saturated heterocycles. The van der Waals surface area contributed by atoms with Crippen LogP contribution in [0.4, 0.5) is 8.78 Å². The van der Waals surface area contributed by atoms with Crippen LogP contribution in [-0.2, 0) is 6.42 Å². The number of benzene rings is 2. The molecule has 0 aliphatic carbocycles. The summed E-state index contributed by atoms with van der Waals surface area (Å²) >= 11 is 3.11. The molecule has 2 rings (SSSR count). The Balaban J connectivity index is 2.32. The quantitative estimate of drug-likeness (QED) is 0.751. The maximum Gasteiger partial charge on any atom is 0.143 e. The summed E-state index contributed by atoms with van der Waals surface area (Å²) in [6, 6.07) is 10.6. The van der Waals surface area contributed by atoms with Gasteiger partial charge in [0, 0.05) is 11.6 Å². The highest BCUT2D eigenvalue weighted by molar-refractivity contribution is 9.10. The fourth-order valence-corrected chi connectivity index (χ4v) is 2.68. The van der Waals surface area contributed by atoms with Gasteiger partial charge in [0.05, 0.1) is 4.47 Å². The van der Waals surface area contributed by atoms with Crippen molar-refractivity contribution in [2.24, 2.45) is 0 Å². The minimum atomic E-state index is -0.523. The zero-order chi connectivity index (χ0) is 15.4. The molecule has 0 spiro atoms. The minimum absolute atomic E-state index is 0.107. The summed E-state index contributed by atoms with van der Waals surface area (Å²) in [6.45, 7) is 4.73. The summed E-state index contributed by atoms with van der Waals surface area (Å²) < 4.78 is 28.3. The molecule has 1 N–H and O–H groups in total. The van der Waals surface area contributed by atoms with Crippen LogP contribution in [0.2, 0.25) is 0 Å². The molecule has 0 bridgehead atoms. The molecule has 112 valence electrons. The van der Waals surface area contributed by atoms with E-state index in [9.17, 15) is 8.78 Å². The predicted molar refractivity (Wildman–Crippen MR) is 85.4 cm³/mol. The van der Waals surface area contributed by atoms with Gasteiger partial charge in [-0.3, -0.25) is 0 Å². The lowest BCUT2D eigenvalue weighted by Crippen LogP contribution is -2.24. The second-order valence-corrected chi connectivity index (χ2v) is 5.90. The van der Waals surface area contributed by atoms with Gasteiger partial charge in [0.25, 0.3) is 0 Å². The van der Waals surface area contributed by atoms with Crippen molar-refractivity contribution in [3.63, 3.8) is 0 Å². The lowest BCUT2D eigenvalue weighted by molar-refractivity contribution is 0.497. The summed E-state index contributed by atoms with van der Waals surface area (Å²) in [5, 5.41) is 3.29. The third kappa shape index (κ3) is 3.89. The van der Waals surface area contributed by atoms with E-state index in [-0.39, 0.29) is 22.5 Å². The summed E-state index contributed by atoms with van der Waals surface area (Å²) in [7, 11) is 0. The van der Waals surface area contributed by atoms with E-state index in [0.717, 1.165) is 17.7 Å². The highest BCUT2D eigenvalue weighted by Crippen LogP contribution is 2.26. The molecule has 2 aromatic carbocycles. The molecule has 1 unspecified atom stereocenters. The lowest BCUT2D eigenvalue weighted by atomic mass is 9.97. The molecule has 2 aromatic rings. The number of aryl methyl sites for hydroxylation is 1. The Labute approximate surface area is 132 Å². The van der Waals surface area contributed by atoms with Gasteiger partial charge in [-0.2, -0.15) is 0 Å². The molecule has 21 heavy (non-hydrogen) atoms. The van der Waals surface area contributed by atoms with Gasteiger partial charge in [-0.15, -0.1) is 0 Å². The Kier molecular flexibility index (Phi) is 5.48. The van der Waals surface area contributed by atoms with Crippen LogP contribution in [-0.4, -0.2) is 6.54 Å². The van der Waals surface area contributed by atoms with E-state index in [1.807, 2.05) is 38.1 Å². The molecule has 1 atom stereocenters. The summed E-state index contributed by atoms with van der Waals surface area (Å²) in [4.78, 5) is 0. The SMILES string of the molecule is CCNC(Cc1c(F)ccc(Br)c1F)c1ccc(C)cc1. The third-order valence-electron chi connectivity index (χ3n) is 3.48. The first-order valence-electron chi connectivity index (χ1n) is 6.95. The Bertz CT molecular complexity index is 611. The Hall–Kier alpha value is -1.26. The molecule has 0 saturated carbocycles. The fourth-order valence-electron chi connectivity index (χ4n) is 2.31. The Morgan fingerprint density at radius 1 is 1.10 bits per heavy atom. The molecule has 0 fully saturated rings. The average Bonchev–Trinajstić information content (AvgIpc) is 2.47. The number of hydrogen-bond acceptors (Lipinski definition) is 1. The molecular weight excluding hydrogens is 336 g/mol. The smallest absolute Gasteiger partial charge is 0.143 e. The molecular formula is C17H18BrF2N. The lowest BCUT2D eigenvalue weighted by Gasteiger charge is -2.19. The van der Waals surface area contributed by atoms with Crippen molar-refractivity contribution in [3.8, 4) is 0 Å². The molecule has 0 aromatic heterocycles. The molecule has 0 amide bonds. The van der Waals surface area contributed by atoms with Gasteiger partial charge in [-0.1, -0.05) is 36.8 Å².